The fraction of sp³-hybridized carbons (Fsp3) is 0.500. The number of benzene rings is 1. The summed E-state index contributed by atoms with van der Waals surface area (Å²) in [4.78, 5) is 14.0. The van der Waals surface area contributed by atoms with Crippen molar-refractivity contribution in [1.29, 1.82) is 0 Å². The number of rotatable bonds is 4. The van der Waals surface area contributed by atoms with Crippen LogP contribution in [-0.4, -0.2) is 43.5 Å². The third-order valence-electron chi connectivity index (χ3n) is 3.32. The van der Waals surface area contributed by atoms with E-state index in [4.69, 9.17) is 0 Å². The van der Waals surface area contributed by atoms with Crippen molar-refractivity contribution in [3.05, 3.63) is 35.6 Å². The van der Waals surface area contributed by atoms with Gasteiger partial charge in [-0.3, -0.25) is 9.69 Å². The number of piperazine rings is 1. The Hall–Kier alpha value is -0.880. The van der Waals surface area contributed by atoms with E-state index in [0.717, 1.165) is 31.7 Å². The Bertz CT molecular complexity index is 425. The first-order valence-corrected chi connectivity index (χ1v) is 6.63. The van der Waals surface area contributed by atoms with Gasteiger partial charge in [-0.1, -0.05) is 12.1 Å². The number of amides is 1. The van der Waals surface area contributed by atoms with Crippen LogP contribution in [0.25, 0.3) is 0 Å². The van der Waals surface area contributed by atoms with Crippen LogP contribution in [0.1, 0.15) is 18.5 Å². The second-order valence-corrected chi connectivity index (χ2v) is 4.87. The SMILES string of the molecule is CC(NC(=O)CN1CCNCC1)c1ccc(F)cc1.Cl.Cl. The normalized spacial score (nSPS) is 16.3. The van der Waals surface area contributed by atoms with Crippen molar-refractivity contribution in [3.63, 3.8) is 0 Å². The van der Waals surface area contributed by atoms with E-state index in [-0.39, 0.29) is 42.6 Å². The fourth-order valence-electron chi connectivity index (χ4n) is 2.19. The quantitative estimate of drug-likeness (QED) is 0.879. The molecule has 1 saturated heterocycles. The summed E-state index contributed by atoms with van der Waals surface area (Å²) in [6.45, 7) is 5.99. The van der Waals surface area contributed by atoms with Gasteiger partial charge in [0, 0.05) is 26.2 Å². The average Bonchev–Trinajstić information content (AvgIpc) is 2.40. The monoisotopic (exact) mass is 337 g/mol. The van der Waals surface area contributed by atoms with Gasteiger partial charge in [0.15, 0.2) is 0 Å². The summed E-state index contributed by atoms with van der Waals surface area (Å²) in [5.74, 6) is -0.248. The second kappa shape index (κ2) is 9.95. The Morgan fingerprint density at radius 1 is 1.29 bits per heavy atom. The molecule has 0 radical (unpaired) electrons. The molecule has 21 heavy (non-hydrogen) atoms. The molecule has 4 nitrogen and oxygen atoms in total. The molecule has 0 spiro atoms. The van der Waals surface area contributed by atoms with Gasteiger partial charge in [-0.05, 0) is 24.6 Å². The van der Waals surface area contributed by atoms with Crippen molar-refractivity contribution in [2.45, 2.75) is 13.0 Å². The highest BCUT2D eigenvalue weighted by molar-refractivity contribution is 5.85. The van der Waals surface area contributed by atoms with Crippen LogP contribution in [0, 0.1) is 5.82 Å². The predicted molar refractivity (Wildman–Crippen MR) is 86.8 cm³/mol. The molecule has 1 aliphatic rings. The Morgan fingerprint density at radius 2 is 1.86 bits per heavy atom. The van der Waals surface area contributed by atoms with Crippen molar-refractivity contribution in [2.75, 3.05) is 32.7 Å². The minimum atomic E-state index is -0.261. The molecule has 0 aromatic heterocycles. The summed E-state index contributed by atoms with van der Waals surface area (Å²) in [6, 6.07) is 6.12. The van der Waals surface area contributed by atoms with Crippen LogP contribution < -0.4 is 10.6 Å². The molecule has 7 heteroatoms. The Balaban J connectivity index is 0.00000200. The molecule has 0 aliphatic carbocycles. The number of nitrogens with zero attached hydrogens (tertiary/aromatic N) is 1. The molecule has 1 aromatic rings. The largest absolute Gasteiger partial charge is 0.348 e. The average molecular weight is 338 g/mol. The number of carbonyl (C=O) groups excluding carboxylic acids is 1. The molecule has 2 N–H and O–H groups in total. The molecule has 2 rings (SSSR count). The van der Waals surface area contributed by atoms with E-state index in [1.54, 1.807) is 12.1 Å². The summed E-state index contributed by atoms with van der Waals surface area (Å²) in [5.41, 5.74) is 0.912. The molecule has 0 saturated carbocycles. The number of nitrogens with one attached hydrogen (secondary N) is 2. The van der Waals surface area contributed by atoms with Crippen LogP contribution in [0.3, 0.4) is 0 Å². The fourth-order valence-corrected chi connectivity index (χ4v) is 2.19. The van der Waals surface area contributed by atoms with E-state index in [0.29, 0.717) is 6.54 Å². The maximum Gasteiger partial charge on any atom is 0.234 e. The van der Waals surface area contributed by atoms with Gasteiger partial charge in [0.2, 0.25) is 5.91 Å². The minimum Gasteiger partial charge on any atom is -0.348 e. The molecule has 1 heterocycles. The smallest absolute Gasteiger partial charge is 0.234 e. The van der Waals surface area contributed by atoms with E-state index >= 15 is 0 Å². The third-order valence-corrected chi connectivity index (χ3v) is 3.32. The van der Waals surface area contributed by atoms with Crippen LogP contribution in [-0.2, 0) is 4.79 Å². The predicted octanol–water partition coefficient (Wildman–Crippen LogP) is 1.75. The van der Waals surface area contributed by atoms with Crippen molar-refractivity contribution >= 4 is 30.7 Å². The lowest BCUT2D eigenvalue weighted by atomic mass is 10.1. The van der Waals surface area contributed by atoms with Crippen LogP contribution in [0.15, 0.2) is 24.3 Å². The maximum atomic E-state index is 12.8. The molecular weight excluding hydrogens is 316 g/mol. The first kappa shape index (κ1) is 20.1. The molecule has 1 amide bonds. The Kier molecular flexibility index (Phi) is 9.53. The maximum absolute atomic E-state index is 12.8. The van der Waals surface area contributed by atoms with E-state index in [1.165, 1.54) is 12.1 Å². The molecule has 1 fully saturated rings. The Morgan fingerprint density at radius 3 is 2.43 bits per heavy atom. The molecule has 120 valence electrons. The second-order valence-electron chi connectivity index (χ2n) is 4.87. The molecule has 1 unspecified atom stereocenters. The summed E-state index contributed by atoms with van der Waals surface area (Å²) < 4.78 is 12.8. The lowest BCUT2D eigenvalue weighted by molar-refractivity contribution is -0.123. The molecule has 0 bridgehead atoms. The van der Waals surface area contributed by atoms with Crippen LogP contribution in [0.4, 0.5) is 4.39 Å². The van der Waals surface area contributed by atoms with Gasteiger partial charge in [-0.25, -0.2) is 4.39 Å². The highest BCUT2D eigenvalue weighted by Gasteiger charge is 2.15. The van der Waals surface area contributed by atoms with Crippen LogP contribution in [0.5, 0.6) is 0 Å². The highest BCUT2D eigenvalue weighted by atomic mass is 35.5. The van der Waals surface area contributed by atoms with Crippen LogP contribution in [0.2, 0.25) is 0 Å². The van der Waals surface area contributed by atoms with E-state index in [9.17, 15) is 9.18 Å². The van der Waals surface area contributed by atoms with Crippen molar-refractivity contribution < 1.29 is 9.18 Å². The molecule has 1 atom stereocenters. The first-order chi connectivity index (χ1) is 9.15. The zero-order chi connectivity index (χ0) is 13.7. The number of halogens is 3. The summed E-state index contributed by atoms with van der Waals surface area (Å²) in [7, 11) is 0. The van der Waals surface area contributed by atoms with Gasteiger partial charge in [0.25, 0.3) is 0 Å². The number of hydrogen-bond acceptors (Lipinski definition) is 3. The Labute approximate surface area is 137 Å². The van der Waals surface area contributed by atoms with Gasteiger partial charge >= 0.3 is 0 Å². The van der Waals surface area contributed by atoms with Crippen molar-refractivity contribution in [3.8, 4) is 0 Å². The zero-order valence-electron chi connectivity index (χ0n) is 12.0. The zero-order valence-corrected chi connectivity index (χ0v) is 13.6. The van der Waals surface area contributed by atoms with Gasteiger partial charge in [0.05, 0.1) is 12.6 Å². The standard InChI is InChI=1S/C14H20FN3O.2ClH/c1-11(12-2-4-13(15)5-3-12)17-14(19)10-18-8-6-16-7-9-18;;/h2-5,11,16H,6-10H2,1H3,(H,17,19);2*1H. The van der Waals surface area contributed by atoms with Gasteiger partial charge in [0.1, 0.15) is 5.82 Å². The van der Waals surface area contributed by atoms with E-state index < -0.39 is 0 Å². The topological polar surface area (TPSA) is 44.4 Å². The third kappa shape index (κ3) is 6.61. The van der Waals surface area contributed by atoms with Gasteiger partial charge < -0.3 is 10.6 Å². The minimum absolute atomic E-state index is 0. The molecule has 1 aliphatic heterocycles. The van der Waals surface area contributed by atoms with Gasteiger partial charge in [-0.2, -0.15) is 0 Å². The van der Waals surface area contributed by atoms with Crippen molar-refractivity contribution in [2.24, 2.45) is 0 Å². The first-order valence-electron chi connectivity index (χ1n) is 6.63. The summed E-state index contributed by atoms with van der Waals surface area (Å²) >= 11 is 0. The summed E-state index contributed by atoms with van der Waals surface area (Å²) in [6.07, 6.45) is 0. The lowest BCUT2D eigenvalue weighted by Gasteiger charge is -2.27. The van der Waals surface area contributed by atoms with Crippen LogP contribution >= 0.6 is 24.8 Å². The molecular formula is C14H22Cl2FN3O. The highest BCUT2D eigenvalue weighted by Crippen LogP contribution is 2.12. The van der Waals surface area contributed by atoms with Crippen molar-refractivity contribution in [1.82, 2.24) is 15.5 Å². The van der Waals surface area contributed by atoms with E-state index in [2.05, 4.69) is 15.5 Å². The number of hydrogen-bond donors (Lipinski definition) is 2. The molecule has 1 aromatic carbocycles. The summed E-state index contributed by atoms with van der Waals surface area (Å²) in [5, 5.41) is 6.19. The lowest BCUT2D eigenvalue weighted by Crippen LogP contribution is -2.47. The van der Waals surface area contributed by atoms with E-state index in [1.807, 2.05) is 6.92 Å². The number of carbonyl (C=O) groups is 1. The van der Waals surface area contributed by atoms with Gasteiger partial charge in [-0.15, -0.1) is 24.8 Å².